The first kappa shape index (κ1) is 25.7. The van der Waals surface area contributed by atoms with Crippen LogP contribution in [0.2, 0.25) is 0 Å². The van der Waals surface area contributed by atoms with Crippen LogP contribution in [0, 0.1) is 17.7 Å². The van der Waals surface area contributed by atoms with Crippen molar-refractivity contribution < 1.29 is 40.3 Å². The van der Waals surface area contributed by atoms with E-state index in [0.29, 0.717) is 12.5 Å². The number of benzene rings is 2. The number of ether oxygens (including phenoxy) is 1. The molecule has 2 N–H and O–H groups in total. The van der Waals surface area contributed by atoms with Crippen molar-refractivity contribution in [3.05, 3.63) is 65.0 Å². The molecule has 3 unspecified atom stereocenters. The van der Waals surface area contributed by atoms with Crippen molar-refractivity contribution in [1.29, 1.82) is 0 Å². The topological polar surface area (TPSA) is 107 Å². The minimum atomic E-state index is -4.87. The van der Waals surface area contributed by atoms with Gasteiger partial charge in [0.05, 0.1) is 29.2 Å². The molecule has 2 saturated heterocycles. The average Bonchev–Trinajstić information content (AvgIpc) is 3.38. The van der Waals surface area contributed by atoms with Crippen molar-refractivity contribution in [2.45, 2.75) is 41.4 Å². The molecule has 2 aromatic rings. The van der Waals surface area contributed by atoms with Crippen LogP contribution in [-0.2, 0) is 25.5 Å². The number of nitrogens with two attached hydrogens (primary N) is 1. The van der Waals surface area contributed by atoms with Crippen molar-refractivity contribution in [2.24, 2.45) is 17.6 Å². The van der Waals surface area contributed by atoms with Gasteiger partial charge in [-0.3, -0.25) is 9.59 Å². The van der Waals surface area contributed by atoms with Gasteiger partial charge in [-0.05, 0) is 54.7 Å². The monoisotopic (exact) mass is 540 g/mol. The van der Waals surface area contributed by atoms with Gasteiger partial charge in [0.25, 0.3) is 5.91 Å². The predicted molar refractivity (Wildman–Crippen MR) is 123 cm³/mol. The largest absolute Gasteiger partial charge is 0.419 e. The minimum absolute atomic E-state index is 0.0308. The summed E-state index contributed by atoms with van der Waals surface area (Å²) in [5.41, 5.74) is 3.57. The summed E-state index contributed by atoms with van der Waals surface area (Å²) < 4.78 is 83.7. The number of piperidine rings is 1. The molecule has 0 aromatic heterocycles. The summed E-state index contributed by atoms with van der Waals surface area (Å²) in [5.74, 6) is -3.83. The number of primary amides is 1. The van der Waals surface area contributed by atoms with Gasteiger partial charge in [0, 0.05) is 23.7 Å². The van der Waals surface area contributed by atoms with Crippen LogP contribution in [0.15, 0.2) is 47.4 Å². The number of hydrogen-bond acceptors (Lipinski definition) is 5. The second kappa shape index (κ2) is 8.52. The maximum atomic E-state index is 14.6. The number of fused-ring (bicyclic) bond motifs is 1. The van der Waals surface area contributed by atoms with Crippen molar-refractivity contribution in [1.82, 2.24) is 4.90 Å². The Morgan fingerprint density at radius 3 is 2.41 bits per heavy atom. The number of likely N-dealkylation sites (tertiary alicyclic amines) is 1. The van der Waals surface area contributed by atoms with Gasteiger partial charge < -0.3 is 15.4 Å². The van der Waals surface area contributed by atoms with Crippen molar-refractivity contribution in [2.75, 3.05) is 19.5 Å². The average molecular weight is 541 g/mol. The van der Waals surface area contributed by atoms with Crippen LogP contribution in [0.25, 0.3) is 0 Å². The molecule has 2 heterocycles. The first-order valence-electron chi connectivity index (χ1n) is 11.6. The Morgan fingerprint density at radius 2 is 1.86 bits per heavy atom. The third-order valence-corrected chi connectivity index (χ3v) is 8.89. The second-order valence-corrected chi connectivity index (χ2v) is 12.0. The summed E-state index contributed by atoms with van der Waals surface area (Å²) in [7, 11) is -3.63. The quantitative estimate of drug-likeness (QED) is 0.567. The number of hydrogen-bond donors (Lipinski definition) is 1. The molecular formula is C25H24F4N2O5S. The summed E-state index contributed by atoms with van der Waals surface area (Å²) in [5, 5.41) is 0. The van der Waals surface area contributed by atoms with Crippen molar-refractivity contribution in [3.63, 3.8) is 0 Å². The Morgan fingerprint density at radius 1 is 1.16 bits per heavy atom. The Balaban J connectivity index is 1.61. The van der Waals surface area contributed by atoms with Gasteiger partial charge in [-0.1, -0.05) is 12.1 Å². The number of alkyl halides is 3. The van der Waals surface area contributed by atoms with Gasteiger partial charge >= 0.3 is 6.18 Å². The van der Waals surface area contributed by atoms with Gasteiger partial charge in [-0.25, -0.2) is 12.8 Å². The lowest BCUT2D eigenvalue weighted by Crippen LogP contribution is -2.55. The third kappa shape index (κ3) is 4.19. The zero-order valence-corrected chi connectivity index (χ0v) is 20.5. The molecule has 1 saturated carbocycles. The SMILES string of the molecule is CS(=O)(=O)c1cccc(C(=O)N2C(C(N)=O)CC3CC32[C@@H](c2ccc(C(F)(F)F)c(F)c2)C2COC2)c1. The van der Waals surface area contributed by atoms with Crippen LogP contribution in [0.4, 0.5) is 17.6 Å². The van der Waals surface area contributed by atoms with Crippen LogP contribution in [0.5, 0.6) is 0 Å². The number of halogens is 4. The Kier molecular flexibility index (Phi) is 5.91. The highest BCUT2D eigenvalue weighted by Crippen LogP contribution is 2.67. The van der Waals surface area contributed by atoms with E-state index in [1.807, 2.05) is 0 Å². The second-order valence-electron chi connectivity index (χ2n) is 10.0. The summed E-state index contributed by atoms with van der Waals surface area (Å²) in [6, 6.07) is 7.15. The standard InChI is InChI=1S/C25H24F4N2O5S/c1-37(34,35)17-4-2-3-14(7-17)23(33)31-20(22(30)32)9-16-10-24(16,31)21(15-11-36-12-15)13-5-6-18(19(26)8-13)25(27,28)29/h2-8,15-16,20-21H,9-12H2,1H3,(H2,30,32)/t16?,20?,21-,24?/m0/s1. The fourth-order valence-electron chi connectivity index (χ4n) is 6.06. The lowest BCUT2D eigenvalue weighted by molar-refractivity contribution is -0.140. The molecule has 3 aliphatic rings. The smallest absolute Gasteiger partial charge is 0.381 e. The van der Waals surface area contributed by atoms with Crippen LogP contribution in [0.1, 0.15) is 40.2 Å². The summed E-state index contributed by atoms with van der Waals surface area (Å²) >= 11 is 0. The van der Waals surface area contributed by atoms with Gasteiger partial charge in [0.2, 0.25) is 5.91 Å². The normalized spacial score (nSPS) is 26.4. The molecule has 1 aliphatic carbocycles. The Bertz CT molecular complexity index is 1390. The molecule has 3 fully saturated rings. The molecule has 0 spiro atoms. The molecule has 12 heteroatoms. The third-order valence-electron chi connectivity index (χ3n) is 7.78. The summed E-state index contributed by atoms with van der Waals surface area (Å²) in [6.45, 7) is 0.517. The molecule has 2 amide bonds. The first-order valence-corrected chi connectivity index (χ1v) is 13.5. The highest BCUT2D eigenvalue weighted by atomic mass is 32.2. The molecule has 0 radical (unpaired) electrons. The lowest BCUT2D eigenvalue weighted by atomic mass is 9.76. The molecular weight excluding hydrogens is 516 g/mol. The maximum absolute atomic E-state index is 14.6. The van der Waals surface area contributed by atoms with Crippen molar-refractivity contribution in [3.8, 4) is 0 Å². The van der Waals surface area contributed by atoms with E-state index in [9.17, 15) is 35.6 Å². The van der Waals surface area contributed by atoms with E-state index in [4.69, 9.17) is 10.5 Å². The van der Waals surface area contributed by atoms with Gasteiger partial charge in [0.1, 0.15) is 11.9 Å². The van der Waals surface area contributed by atoms with Crippen molar-refractivity contribution >= 4 is 21.7 Å². The number of carbonyl (C=O) groups excluding carboxylic acids is 2. The Labute approximate surface area is 210 Å². The van der Waals surface area contributed by atoms with E-state index in [0.717, 1.165) is 12.3 Å². The molecule has 0 bridgehead atoms. The van der Waals surface area contributed by atoms with Gasteiger partial charge in [-0.2, -0.15) is 13.2 Å². The van der Waals surface area contributed by atoms with E-state index >= 15 is 0 Å². The fraction of sp³-hybridized carbons (Fsp3) is 0.440. The first-order chi connectivity index (χ1) is 17.2. The number of sulfone groups is 1. The van der Waals surface area contributed by atoms with E-state index in [1.54, 1.807) is 0 Å². The number of carbonyl (C=O) groups is 2. The molecule has 37 heavy (non-hydrogen) atoms. The zero-order valence-electron chi connectivity index (χ0n) is 19.7. The Hall–Kier alpha value is -2.99. The lowest BCUT2D eigenvalue weighted by Gasteiger charge is -2.44. The fourth-order valence-corrected chi connectivity index (χ4v) is 6.72. The predicted octanol–water partition coefficient (Wildman–Crippen LogP) is 3.14. The molecule has 2 aliphatic heterocycles. The van der Waals surface area contributed by atoms with Crippen LogP contribution in [-0.4, -0.2) is 56.2 Å². The maximum Gasteiger partial charge on any atom is 0.419 e. The molecule has 4 atom stereocenters. The number of amides is 2. The van der Waals surface area contributed by atoms with E-state index in [-0.39, 0.29) is 47.5 Å². The van der Waals surface area contributed by atoms with Crippen LogP contribution in [0.3, 0.4) is 0 Å². The van der Waals surface area contributed by atoms with Crippen LogP contribution < -0.4 is 5.73 Å². The van der Waals surface area contributed by atoms with E-state index in [2.05, 4.69) is 0 Å². The van der Waals surface area contributed by atoms with Gasteiger partial charge in [-0.15, -0.1) is 0 Å². The van der Waals surface area contributed by atoms with E-state index < -0.39 is 56.7 Å². The minimum Gasteiger partial charge on any atom is -0.381 e. The molecule has 5 rings (SSSR count). The number of rotatable bonds is 6. The highest BCUT2D eigenvalue weighted by molar-refractivity contribution is 7.90. The molecule has 7 nitrogen and oxygen atoms in total. The number of nitrogens with zero attached hydrogens (tertiary/aromatic N) is 1. The van der Waals surface area contributed by atoms with Gasteiger partial charge in [0.15, 0.2) is 9.84 Å². The van der Waals surface area contributed by atoms with E-state index in [1.165, 1.54) is 35.2 Å². The van der Waals surface area contributed by atoms with Crippen LogP contribution >= 0.6 is 0 Å². The summed E-state index contributed by atoms with van der Waals surface area (Å²) in [4.78, 5) is 27.6. The summed E-state index contributed by atoms with van der Waals surface area (Å²) in [6.07, 6.45) is -3.17. The molecule has 198 valence electrons. The zero-order chi connectivity index (χ0) is 26.9. The molecule has 2 aromatic carbocycles. The highest BCUT2D eigenvalue weighted by Gasteiger charge is 2.72.